The predicted molar refractivity (Wildman–Crippen MR) is 86.5 cm³/mol. The number of aromatic nitrogens is 3. The maximum absolute atomic E-state index is 4.68. The van der Waals surface area contributed by atoms with Crippen LogP contribution in [-0.4, -0.2) is 15.0 Å². The summed E-state index contributed by atoms with van der Waals surface area (Å²) in [6.45, 7) is 0. The Bertz CT molecular complexity index is 754. The van der Waals surface area contributed by atoms with Gasteiger partial charge in [0.1, 0.15) is 16.1 Å². The molecule has 4 aromatic rings. The lowest BCUT2D eigenvalue weighted by molar-refractivity contribution is 1.01. The maximum atomic E-state index is 4.68. The van der Waals surface area contributed by atoms with E-state index in [1.165, 1.54) is 4.70 Å². The molecule has 0 spiro atoms. The Morgan fingerprint density at radius 1 is 0.950 bits per heavy atom. The van der Waals surface area contributed by atoms with Crippen LogP contribution in [0, 0.1) is 0 Å². The van der Waals surface area contributed by atoms with E-state index in [4.69, 9.17) is 0 Å². The zero-order valence-corrected chi connectivity index (χ0v) is 12.2. The molecule has 0 aliphatic rings. The van der Waals surface area contributed by atoms with Crippen LogP contribution >= 0.6 is 24.0 Å². The van der Waals surface area contributed by atoms with Crippen molar-refractivity contribution in [3.63, 3.8) is 0 Å². The molecule has 1 unspecified atom stereocenters. The number of imidazole rings is 1. The molecular formula is C15H11N3S2. The second kappa shape index (κ2) is 4.61. The number of para-hydroxylation sites is 3. The van der Waals surface area contributed by atoms with Gasteiger partial charge in [0.2, 0.25) is 0 Å². The molecule has 3 nitrogen and oxygen atoms in total. The molecule has 2 heterocycles. The molecule has 1 N–H and O–H groups in total. The summed E-state index contributed by atoms with van der Waals surface area (Å²) in [5.74, 6) is 0.841. The van der Waals surface area contributed by atoms with Crippen LogP contribution in [0.15, 0.2) is 48.5 Å². The second-order valence-electron chi connectivity index (χ2n) is 4.56. The number of benzene rings is 2. The molecular weight excluding hydrogens is 286 g/mol. The molecule has 0 aliphatic heterocycles. The number of H-pyrrole nitrogens is 1. The Balaban J connectivity index is 1.80. The molecule has 0 amide bonds. The SMILES string of the molecule is SC(c1nc2ccccc2[nH]1)c1nc2ccccc2s1. The van der Waals surface area contributed by atoms with Gasteiger partial charge in [0, 0.05) is 0 Å². The van der Waals surface area contributed by atoms with Gasteiger partial charge in [0.15, 0.2) is 0 Å². The van der Waals surface area contributed by atoms with Crippen molar-refractivity contribution in [3.05, 3.63) is 59.4 Å². The number of thiol groups is 1. The number of nitrogens with zero attached hydrogens (tertiary/aromatic N) is 2. The number of hydrogen-bond donors (Lipinski definition) is 2. The Kier molecular flexibility index (Phi) is 2.75. The first-order valence-electron chi connectivity index (χ1n) is 6.29. The van der Waals surface area contributed by atoms with Gasteiger partial charge in [-0.25, -0.2) is 9.97 Å². The smallest absolute Gasteiger partial charge is 0.127 e. The van der Waals surface area contributed by atoms with Crippen molar-refractivity contribution in [1.82, 2.24) is 15.0 Å². The molecule has 5 heteroatoms. The van der Waals surface area contributed by atoms with E-state index in [2.05, 4.69) is 33.6 Å². The van der Waals surface area contributed by atoms with Gasteiger partial charge in [-0.05, 0) is 24.3 Å². The maximum Gasteiger partial charge on any atom is 0.127 e. The molecule has 98 valence electrons. The van der Waals surface area contributed by atoms with Gasteiger partial charge in [0.25, 0.3) is 0 Å². The monoisotopic (exact) mass is 297 g/mol. The van der Waals surface area contributed by atoms with E-state index in [1.54, 1.807) is 11.3 Å². The molecule has 0 fully saturated rings. The first kappa shape index (κ1) is 11.9. The molecule has 2 aromatic carbocycles. The molecule has 0 bridgehead atoms. The van der Waals surface area contributed by atoms with Crippen LogP contribution in [0.25, 0.3) is 21.3 Å². The van der Waals surface area contributed by atoms with Crippen molar-refractivity contribution in [2.75, 3.05) is 0 Å². The highest BCUT2D eigenvalue weighted by molar-refractivity contribution is 7.81. The Hall–Kier alpha value is -1.85. The summed E-state index contributed by atoms with van der Waals surface area (Å²) in [6, 6.07) is 16.1. The fourth-order valence-electron chi connectivity index (χ4n) is 2.23. The Morgan fingerprint density at radius 2 is 1.70 bits per heavy atom. The van der Waals surface area contributed by atoms with E-state index >= 15 is 0 Å². The topological polar surface area (TPSA) is 41.6 Å². The highest BCUT2D eigenvalue weighted by Crippen LogP contribution is 2.33. The summed E-state index contributed by atoms with van der Waals surface area (Å²) >= 11 is 6.35. The third-order valence-electron chi connectivity index (χ3n) is 3.21. The predicted octanol–water partition coefficient (Wildman–Crippen LogP) is 4.19. The lowest BCUT2D eigenvalue weighted by Gasteiger charge is -2.02. The van der Waals surface area contributed by atoms with Crippen LogP contribution in [0.3, 0.4) is 0 Å². The van der Waals surface area contributed by atoms with Gasteiger partial charge >= 0.3 is 0 Å². The average molecular weight is 297 g/mol. The summed E-state index contributed by atoms with van der Waals surface area (Å²) in [4.78, 5) is 12.6. The van der Waals surface area contributed by atoms with Crippen molar-refractivity contribution < 1.29 is 0 Å². The fraction of sp³-hybridized carbons (Fsp3) is 0.0667. The molecule has 0 radical (unpaired) electrons. The quantitative estimate of drug-likeness (QED) is 0.545. The summed E-state index contributed by atoms with van der Waals surface area (Å²) in [7, 11) is 0. The fourth-order valence-corrected chi connectivity index (χ4v) is 3.52. The standard InChI is InChI=1S/C15H11N3S2/c19-13(14-16-9-5-1-2-6-10(9)17-14)15-18-11-7-3-4-8-12(11)20-15/h1-8,13,19H,(H,16,17). The Morgan fingerprint density at radius 3 is 2.50 bits per heavy atom. The zero-order valence-electron chi connectivity index (χ0n) is 10.4. The van der Waals surface area contributed by atoms with E-state index in [-0.39, 0.29) is 5.25 Å². The van der Waals surface area contributed by atoms with E-state index in [9.17, 15) is 0 Å². The molecule has 20 heavy (non-hydrogen) atoms. The molecule has 1 atom stereocenters. The van der Waals surface area contributed by atoms with Gasteiger partial charge in [-0.2, -0.15) is 12.6 Å². The van der Waals surface area contributed by atoms with Crippen molar-refractivity contribution in [2.24, 2.45) is 0 Å². The number of aromatic amines is 1. The summed E-state index contributed by atoms with van der Waals surface area (Å²) < 4.78 is 1.18. The molecule has 4 rings (SSSR count). The van der Waals surface area contributed by atoms with E-state index < -0.39 is 0 Å². The van der Waals surface area contributed by atoms with Crippen molar-refractivity contribution >= 4 is 45.2 Å². The molecule has 2 aromatic heterocycles. The van der Waals surface area contributed by atoms with Crippen molar-refractivity contribution in [3.8, 4) is 0 Å². The minimum absolute atomic E-state index is 0.125. The number of fused-ring (bicyclic) bond motifs is 2. The van der Waals surface area contributed by atoms with Crippen LogP contribution in [0.4, 0.5) is 0 Å². The number of rotatable bonds is 2. The molecule has 0 saturated heterocycles. The molecule has 0 aliphatic carbocycles. The largest absolute Gasteiger partial charge is 0.341 e. The van der Waals surface area contributed by atoms with Gasteiger partial charge in [-0.15, -0.1) is 11.3 Å². The van der Waals surface area contributed by atoms with Crippen LogP contribution in [0.1, 0.15) is 16.1 Å². The van der Waals surface area contributed by atoms with E-state index in [0.717, 1.165) is 27.4 Å². The normalized spacial score (nSPS) is 13.1. The van der Waals surface area contributed by atoms with Crippen molar-refractivity contribution in [2.45, 2.75) is 5.25 Å². The van der Waals surface area contributed by atoms with Gasteiger partial charge in [-0.1, -0.05) is 24.3 Å². The number of nitrogens with one attached hydrogen (secondary N) is 1. The summed E-state index contributed by atoms with van der Waals surface area (Å²) in [5.41, 5.74) is 3.01. The van der Waals surface area contributed by atoms with E-state index in [1.807, 2.05) is 42.5 Å². The number of hydrogen-bond acceptors (Lipinski definition) is 4. The van der Waals surface area contributed by atoms with Crippen LogP contribution < -0.4 is 0 Å². The molecule has 0 saturated carbocycles. The third-order valence-corrected chi connectivity index (χ3v) is 4.98. The van der Waals surface area contributed by atoms with Gasteiger partial charge in [0.05, 0.1) is 21.3 Å². The van der Waals surface area contributed by atoms with Crippen LogP contribution in [0.2, 0.25) is 0 Å². The van der Waals surface area contributed by atoms with Gasteiger partial charge in [-0.3, -0.25) is 0 Å². The van der Waals surface area contributed by atoms with Gasteiger partial charge < -0.3 is 4.98 Å². The minimum Gasteiger partial charge on any atom is -0.341 e. The van der Waals surface area contributed by atoms with Crippen LogP contribution in [0.5, 0.6) is 0 Å². The van der Waals surface area contributed by atoms with Crippen LogP contribution in [-0.2, 0) is 0 Å². The zero-order chi connectivity index (χ0) is 13.5. The lowest BCUT2D eigenvalue weighted by atomic mass is 10.3. The highest BCUT2D eigenvalue weighted by atomic mass is 32.1. The minimum atomic E-state index is -0.125. The third kappa shape index (κ3) is 1.90. The second-order valence-corrected chi connectivity index (χ2v) is 6.14. The first-order chi connectivity index (χ1) is 9.81. The number of thiazole rings is 1. The highest BCUT2D eigenvalue weighted by Gasteiger charge is 2.17. The van der Waals surface area contributed by atoms with Crippen molar-refractivity contribution in [1.29, 1.82) is 0 Å². The summed E-state index contributed by atoms with van der Waals surface area (Å²) in [6.07, 6.45) is 0. The van der Waals surface area contributed by atoms with E-state index in [0.29, 0.717) is 0 Å². The first-order valence-corrected chi connectivity index (χ1v) is 7.63. The summed E-state index contributed by atoms with van der Waals surface area (Å²) in [5, 5.41) is 0.841. The lowest BCUT2D eigenvalue weighted by Crippen LogP contribution is -1.94. The average Bonchev–Trinajstić information content (AvgIpc) is 3.10. The Labute approximate surface area is 125 Å².